The van der Waals surface area contributed by atoms with Gasteiger partial charge in [-0.15, -0.1) is 0 Å². The average Bonchev–Trinajstić information content (AvgIpc) is 2.77. The number of para-hydroxylation sites is 1. The van der Waals surface area contributed by atoms with Crippen LogP contribution >= 0.6 is 0 Å². The fourth-order valence-electron chi connectivity index (χ4n) is 3.70. The monoisotopic (exact) mass is 520 g/mol. The van der Waals surface area contributed by atoms with Gasteiger partial charge in [-0.3, -0.25) is 9.59 Å². The van der Waals surface area contributed by atoms with Gasteiger partial charge in [-0.25, -0.2) is 8.70 Å². The van der Waals surface area contributed by atoms with Crippen LogP contribution in [0.3, 0.4) is 0 Å². The number of halogens is 1. The molecule has 1 N–H and O–H groups in total. The van der Waals surface area contributed by atoms with Crippen molar-refractivity contribution in [2.45, 2.75) is 59.2 Å². The number of nitrogens with one attached hydrogen (secondary N) is 1. The standard InChI is InChI=1S/C26H37FN4O4S/c1-8-22(25(33)28-26(3,4)5)30(17-20-14-10-9-13-19(20)2)24(32)18-31(36(34,35)29(6)7)23-16-12-11-15-21(23)27/h9-16,22H,8,17-18H2,1-7H3,(H,28,33)/t22-/m0/s1. The molecule has 0 aromatic heterocycles. The minimum atomic E-state index is -4.23. The average molecular weight is 521 g/mol. The maximum absolute atomic E-state index is 14.7. The van der Waals surface area contributed by atoms with Gasteiger partial charge in [0.05, 0.1) is 5.69 Å². The van der Waals surface area contributed by atoms with Crippen molar-refractivity contribution in [2.75, 3.05) is 24.9 Å². The number of amides is 2. The fraction of sp³-hybridized carbons (Fsp3) is 0.462. The van der Waals surface area contributed by atoms with Gasteiger partial charge in [0.15, 0.2) is 0 Å². The lowest BCUT2D eigenvalue weighted by Gasteiger charge is -2.35. The molecule has 2 aromatic carbocycles. The van der Waals surface area contributed by atoms with Gasteiger partial charge in [0.25, 0.3) is 0 Å². The van der Waals surface area contributed by atoms with Crippen molar-refractivity contribution in [1.82, 2.24) is 14.5 Å². The minimum Gasteiger partial charge on any atom is -0.350 e. The first-order chi connectivity index (χ1) is 16.7. The van der Waals surface area contributed by atoms with Crippen LogP contribution in [0.4, 0.5) is 10.1 Å². The molecule has 2 aromatic rings. The lowest BCUT2D eigenvalue weighted by molar-refractivity contribution is -0.141. The highest BCUT2D eigenvalue weighted by atomic mass is 32.2. The molecule has 0 heterocycles. The highest BCUT2D eigenvalue weighted by molar-refractivity contribution is 7.90. The summed E-state index contributed by atoms with van der Waals surface area (Å²) in [5.74, 6) is -1.75. The SMILES string of the molecule is CC[C@@H](C(=O)NC(C)(C)C)N(Cc1ccccc1C)C(=O)CN(c1ccccc1F)S(=O)(=O)N(C)C. The van der Waals surface area contributed by atoms with Crippen LogP contribution in [0.2, 0.25) is 0 Å². The first-order valence-electron chi connectivity index (χ1n) is 11.8. The molecule has 0 radical (unpaired) electrons. The first-order valence-corrected chi connectivity index (χ1v) is 13.2. The Morgan fingerprint density at radius 3 is 2.14 bits per heavy atom. The predicted molar refractivity (Wildman–Crippen MR) is 140 cm³/mol. The van der Waals surface area contributed by atoms with Gasteiger partial charge in [0.1, 0.15) is 18.4 Å². The van der Waals surface area contributed by atoms with E-state index in [2.05, 4.69) is 5.32 Å². The Labute approximate surface area is 214 Å². The quantitative estimate of drug-likeness (QED) is 0.520. The molecule has 8 nitrogen and oxygen atoms in total. The van der Waals surface area contributed by atoms with Crippen molar-refractivity contribution in [2.24, 2.45) is 0 Å². The Kier molecular flexibility index (Phi) is 9.62. The summed E-state index contributed by atoms with van der Waals surface area (Å²) >= 11 is 0. The third-order valence-corrected chi connectivity index (χ3v) is 7.43. The van der Waals surface area contributed by atoms with E-state index in [1.165, 1.54) is 37.2 Å². The summed E-state index contributed by atoms with van der Waals surface area (Å²) in [5, 5.41) is 2.92. The maximum Gasteiger partial charge on any atom is 0.304 e. The highest BCUT2D eigenvalue weighted by Gasteiger charge is 2.35. The third-order valence-electron chi connectivity index (χ3n) is 5.63. The number of nitrogens with zero attached hydrogens (tertiary/aromatic N) is 3. The molecule has 36 heavy (non-hydrogen) atoms. The second-order valence-electron chi connectivity index (χ2n) is 9.86. The van der Waals surface area contributed by atoms with Crippen molar-refractivity contribution in [1.29, 1.82) is 0 Å². The van der Waals surface area contributed by atoms with Crippen molar-refractivity contribution in [3.05, 3.63) is 65.5 Å². The van der Waals surface area contributed by atoms with E-state index in [0.717, 1.165) is 25.8 Å². The van der Waals surface area contributed by atoms with Crippen LogP contribution < -0.4 is 9.62 Å². The summed E-state index contributed by atoms with van der Waals surface area (Å²) in [6.45, 7) is 8.63. The summed E-state index contributed by atoms with van der Waals surface area (Å²) in [4.78, 5) is 28.4. The van der Waals surface area contributed by atoms with E-state index >= 15 is 0 Å². The lowest BCUT2D eigenvalue weighted by Crippen LogP contribution is -2.55. The van der Waals surface area contributed by atoms with E-state index in [1.807, 2.05) is 52.0 Å². The van der Waals surface area contributed by atoms with Crippen molar-refractivity contribution >= 4 is 27.7 Å². The van der Waals surface area contributed by atoms with Crippen LogP contribution in [0.1, 0.15) is 45.2 Å². The Hall–Kier alpha value is -2.98. The van der Waals surface area contributed by atoms with Gasteiger partial charge in [-0.1, -0.05) is 43.3 Å². The van der Waals surface area contributed by atoms with E-state index in [4.69, 9.17) is 0 Å². The predicted octanol–water partition coefficient (Wildman–Crippen LogP) is 3.47. The van der Waals surface area contributed by atoms with Gasteiger partial charge >= 0.3 is 10.2 Å². The molecule has 10 heteroatoms. The fourth-order valence-corrected chi connectivity index (χ4v) is 4.76. The number of carbonyl (C=O) groups excluding carboxylic acids is 2. The zero-order chi connectivity index (χ0) is 27.3. The molecule has 0 aliphatic carbocycles. The second-order valence-corrected chi connectivity index (χ2v) is 11.9. The number of rotatable bonds is 10. The van der Waals surface area contributed by atoms with Gasteiger partial charge in [0.2, 0.25) is 11.8 Å². The molecule has 2 amide bonds. The molecule has 0 aliphatic heterocycles. The zero-order valence-corrected chi connectivity index (χ0v) is 22.9. The van der Waals surface area contributed by atoms with Gasteiger partial charge in [-0.2, -0.15) is 12.7 Å². The Morgan fingerprint density at radius 1 is 1.03 bits per heavy atom. The number of benzene rings is 2. The number of aryl methyl sites for hydroxylation is 1. The third kappa shape index (κ3) is 7.27. The Bertz CT molecular complexity index is 1180. The molecule has 0 fully saturated rings. The molecule has 0 unspecified atom stereocenters. The number of hydrogen-bond acceptors (Lipinski definition) is 4. The zero-order valence-electron chi connectivity index (χ0n) is 22.1. The van der Waals surface area contributed by atoms with Crippen molar-refractivity contribution in [3.8, 4) is 0 Å². The Morgan fingerprint density at radius 2 is 1.61 bits per heavy atom. The van der Waals surface area contributed by atoms with E-state index in [9.17, 15) is 22.4 Å². The molecule has 0 saturated heterocycles. The van der Waals surface area contributed by atoms with Crippen molar-refractivity contribution < 1.29 is 22.4 Å². The van der Waals surface area contributed by atoms with Gasteiger partial charge in [0, 0.05) is 26.2 Å². The summed E-state index contributed by atoms with van der Waals surface area (Å²) in [6.07, 6.45) is 0.305. The molecule has 198 valence electrons. The highest BCUT2D eigenvalue weighted by Crippen LogP contribution is 2.24. The van der Waals surface area contributed by atoms with E-state index < -0.39 is 40.1 Å². The van der Waals surface area contributed by atoms with E-state index in [1.54, 1.807) is 6.92 Å². The summed E-state index contributed by atoms with van der Waals surface area (Å²) in [7, 11) is -1.61. The first kappa shape index (κ1) is 29.3. The summed E-state index contributed by atoms with van der Waals surface area (Å²) in [6, 6.07) is 12.0. The van der Waals surface area contributed by atoms with Crippen LogP contribution in [0.15, 0.2) is 48.5 Å². The smallest absolute Gasteiger partial charge is 0.304 e. The van der Waals surface area contributed by atoms with E-state index in [0.29, 0.717) is 6.42 Å². The Balaban J connectivity index is 2.56. The normalized spacial score (nSPS) is 12.8. The van der Waals surface area contributed by atoms with Crippen molar-refractivity contribution in [3.63, 3.8) is 0 Å². The molecule has 0 spiro atoms. The molecular weight excluding hydrogens is 483 g/mol. The number of hydrogen-bond donors (Lipinski definition) is 1. The summed E-state index contributed by atoms with van der Waals surface area (Å²) < 4.78 is 42.7. The number of anilines is 1. The maximum atomic E-state index is 14.7. The molecule has 0 aliphatic rings. The van der Waals surface area contributed by atoms with Crippen LogP contribution in [0.25, 0.3) is 0 Å². The minimum absolute atomic E-state index is 0.0920. The molecule has 1 atom stereocenters. The molecule has 0 bridgehead atoms. The lowest BCUT2D eigenvalue weighted by atomic mass is 10.0. The number of carbonyl (C=O) groups is 2. The van der Waals surface area contributed by atoms with Gasteiger partial charge in [-0.05, 0) is 57.4 Å². The molecular formula is C26H37FN4O4S. The van der Waals surface area contributed by atoms with Crippen LogP contribution in [-0.2, 0) is 26.3 Å². The van der Waals surface area contributed by atoms with E-state index in [-0.39, 0.29) is 18.1 Å². The van der Waals surface area contributed by atoms with Crippen LogP contribution in [0.5, 0.6) is 0 Å². The molecule has 2 rings (SSSR count). The second kappa shape index (κ2) is 11.8. The van der Waals surface area contributed by atoms with Crippen LogP contribution in [-0.4, -0.2) is 61.7 Å². The largest absolute Gasteiger partial charge is 0.350 e. The van der Waals surface area contributed by atoms with Crippen LogP contribution in [0, 0.1) is 12.7 Å². The van der Waals surface area contributed by atoms with Gasteiger partial charge < -0.3 is 10.2 Å². The topological polar surface area (TPSA) is 90.0 Å². The summed E-state index contributed by atoms with van der Waals surface area (Å²) in [5.41, 5.74) is 0.964. The molecule has 0 saturated carbocycles.